The number of thiocarbonyl (C=S) groups is 2. The molecule has 0 heterocycles. The van der Waals surface area contributed by atoms with Gasteiger partial charge in [-0.1, -0.05) is 13.8 Å². The van der Waals surface area contributed by atoms with Crippen LogP contribution in [0.5, 0.6) is 0 Å². The molecule has 0 aliphatic heterocycles. The van der Waals surface area contributed by atoms with Crippen LogP contribution in [0.15, 0.2) is 0 Å². The van der Waals surface area contributed by atoms with E-state index in [1.54, 1.807) is 0 Å². The summed E-state index contributed by atoms with van der Waals surface area (Å²) in [5.41, 5.74) is 9.98. The van der Waals surface area contributed by atoms with Gasteiger partial charge in [0.05, 0.1) is 13.2 Å². The molecular weight excluding hydrogens is 220 g/mol. The van der Waals surface area contributed by atoms with E-state index < -0.39 is 0 Å². The van der Waals surface area contributed by atoms with Gasteiger partial charge in [-0.2, -0.15) is 0 Å². The number of hydrogen-bond donors (Lipinski definition) is 2. The van der Waals surface area contributed by atoms with E-state index in [-0.39, 0.29) is 10.3 Å². The minimum atomic E-state index is 0.141. The minimum absolute atomic E-state index is 0.141. The first-order valence-electron chi connectivity index (χ1n) is 4.39. The van der Waals surface area contributed by atoms with Crippen LogP contribution in [0.2, 0.25) is 0 Å². The second kappa shape index (κ2) is 12.4. The molecule has 0 aromatic heterocycles. The summed E-state index contributed by atoms with van der Waals surface area (Å²) in [6, 6.07) is 0. The molecule has 84 valence electrons. The van der Waals surface area contributed by atoms with Crippen LogP contribution >= 0.6 is 24.4 Å². The summed E-state index contributed by atoms with van der Waals surface area (Å²) in [7, 11) is 0. The standard InChI is InChI=1S/2C4H9NOS/c2*1-2-3-6-4(5)7/h2*2-3H2,1H3,(H2,5,7). The van der Waals surface area contributed by atoms with Crippen molar-refractivity contribution in [3.05, 3.63) is 0 Å². The molecule has 0 radical (unpaired) electrons. The van der Waals surface area contributed by atoms with Gasteiger partial charge in [0.15, 0.2) is 0 Å². The maximum Gasteiger partial charge on any atom is 0.253 e. The van der Waals surface area contributed by atoms with Crippen molar-refractivity contribution >= 4 is 34.8 Å². The quantitative estimate of drug-likeness (QED) is 0.720. The number of ether oxygens (including phenoxy) is 2. The zero-order valence-electron chi connectivity index (χ0n) is 8.62. The van der Waals surface area contributed by atoms with Crippen molar-refractivity contribution in [2.24, 2.45) is 11.5 Å². The van der Waals surface area contributed by atoms with Crippen molar-refractivity contribution in [3.8, 4) is 0 Å². The van der Waals surface area contributed by atoms with Gasteiger partial charge in [-0.25, -0.2) is 0 Å². The van der Waals surface area contributed by atoms with Crippen molar-refractivity contribution in [1.82, 2.24) is 0 Å². The van der Waals surface area contributed by atoms with Gasteiger partial charge in [-0.3, -0.25) is 0 Å². The molecule has 0 saturated carbocycles. The van der Waals surface area contributed by atoms with Gasteiger partial charge >= 0.3 is 0 Å². The van der Waals surface area contributed by atoms with E-state index in [1.807, 2.05) is 13.8 Å². The van der Waals surface area contributed by atoms with E-state index in [1.165, 1.54) is 0 Å². The molecule has 0 fully saturated rings. The van der Waals surface area contributed by atoms with E-state index in [2.05, 4.69) is 24.4 Å². The molecule has 0 amide bonds. The molecule has 0 spiro atoms. The Hall–Kier alpha value is -0.620. The van der Waals surface area contributed by atoms with Crippen LogP contribution in [-0.2, 0) is 9.47 Å². The molecule has 0 aromatic carbocycles. The highest BCUT2D eigenvalue weighted by Crippen LogP contribution is 1.78. The fourth-order valence-corrected chi connectivity index (χ4v) is 0.572. The fourth-order valence-electron chi connectivity index (χ4n) is 0.405. The van der Waals surface area contributed by atoms with Gasteiger partial charge in [0, 0.05) is 0 Å². The normalized spacial score (nSPS) is 8.14. The van der Waals surface area contributed by atoms with Crippen LogP contribution in [-0.4, -0.2) is 23.6 Å². The van der Waals surface area contributed by atoms with Gasteiger partial charge < -0.3 is 20.9 Å². The number of nitrogens with two attached hydrogens (primary N) is 2. The average molecular weight is 238 g/mol. The Balaban J connectivity index is 0. The van der Waals surface area contributed by atoms with Crippen molar-refractivity contribution in [2.75, 3.05) is 13.2 Å². The minimum Gasteiger partial charge on any atom is -0.471 e. The van der Waals surface area contributed by atoms with E-state index in [0.717, 1.165) is 12.8 Å². The topological polar surface area (TPSA) is 70.5 Å². The third-order valence-corrected chi connectivity index (χ3v) is 1.13. The highest BCUT2D eigenvalue weighted by atomic mass is 32.1. The van der Waals surface area contributed by atoms with Crippen molar-refractivity contribution in [3.63, 3.8) is 0 Å². The molecule has 4 nitrogen and oxygen atoms in total. The van der Waals surface area contributed by atoms with Crippen LogP contribution < -0.4 is 11.5 Å². The highest BCUT2D eigenvalue weighted by molar-refractivity contribution is 7.80. The first-order valence-corrected chi connectivity index (χ1v) is 5.20. The molecule has 14 heavy (non-hydrogen) atoms. The zero-order chi connectivity index (χ0) is 11.4. The summed E-state index contributed by atoms with van der Waals surface area (Å²) in [5.74, 6) is 0. The Morgan fingerprint density at radius 2 is 1.21 bits per heavy atom. The molecule has 0 bridgehead atoms. The largest absolute Gasteiger partial charge is 0.471 e. The smallest absolute Gasteiger partial charge is 0.253 e. The summed E-state index contributed by atoms with van der Waals surface area (Å²) in [4.78, 5) is 0. The lowest BCUT2D eigenvalue weighted by molar-refractivity contribution is 0.308. The Kier molecular flexibility index (Phi) is 14.0. The Morgan fingerprint density at radius 3 is 1.29 bits per heavy atom. The number of hydrogen-bond acceptors (Lipinski definition) is 4. The Morgan fingerprint density at radius 1 is 0.929 bits per heavy atom. The Bertz CT molecular complexity index is 147. The molecule has 6 heteroatoms. The van der Waals surface area contributed by atoms with Crippen LogP contribution in [0.4, 0.5) is 0 Å². The van der Waals surface area contributed by atoms with Crippen LogP contribution in [0, 0.1) is 0 Å². The molecule has 0 aromatic rings. The first kappa shape index (κ1) is 15.8. The second-order valence-electron chi connectivity index (χ2n) is 2.33. The average Bonchev–Trinajstić information content (AvgIpc) is 2.12. The monoisotopic (exact) mass is 238 g/mol. The highest BCUT2D eigenvalue weighted by Gasteiger charge is 1.82. The van der Waals surface area contributed by atoms with Crippen molar-refractivity contribution in [2.45, 2.75) is 26.7 Å². The van der Waals surface area contributed by atoms with E-state index >= 15 is 0 Å². The second-order valence-corrected chi connectivity index (χ2v) is 3.14. The lowest BCUT2D eigenvalue weighted by atomic mass is 10.5. The van der Waals surface area contributed by atoms with Gasteiger partial charge in [-0.05, 0) is 37.3 Å². The van der Waals surface area contributed by atoms with Gasteiger partial charge in [0.2, 0.25) is 0 Å². The van der Waals surface area contributed by atoms with E-state index in [0.29, 0.717) is 13.2 Å². The van der Waals surface area contributed by atoms with Crippen LogP contribution in [0.25, 0.3) is 0 Å². The van der Waals surface area contributed by atoms with Gasteiger partial charge in [0.25, 0.3) is 10.3 Å². The molecule has 0 unspecified atom stereocenters. The molecule has 0 aliphatic rings. The lowest BCUT2D eigenvalue weighted by Crippen LogP contribution is -2.12. The lowest BCUT2D eigenvalue weighted by Gasteiger charge is -1.96. The van der Waals surface area contributed by atoms with Crippen LogP contribution in [0.1, 0.15) is 26.7 Å². The first-order chi connectivity index (χ1) is 6.54. The number of rotatable bonds is 4. The molecular formula is C8H18N2O2S2. The molecule has 0 saturated heterocycles. The molecule has 0 rings (SSSR count). The maximum absolute atomic E-state index is 4.99. The summed E-state index contributed by atoms with van der Waals surface area (Å²) in [6.07, 6.45) is 1.91. The maximum atomic E-state index is 4.99. The predicted molar refractivity (Wildman–Crippen MR) is 66.1 cm³/mol. The van der Waals surface area contributed by atoms with E-state index in [9.17, 15) is 0 Å². The van der Waals surface area contributed by atoms with Crippen molar-refractivity contribution < 1.29 is 9.47 Å². The van der Waals surface area contributed by atoms with Gasteiger partial charge in [0.1, 0.15) is 0 Å². The van der Waals surface area contributed by atoms with Crippen LogP contribution in [0.3, 0.4) is 0 Å². The SMILES string of the molecule is CCCOC(N)=S.CCCOC(N)=S. The third-order valence-electron chi connectivity index (χ3n) is 0.897. The molecule has 4 N–H and O–H groups in total. The summed E-state index contributed by atoms with van der Waals surface area (Å²) < 4.78 is 9.40. The fraction of sp³-hybridized carbons (Fsp3) is 0.750. The van der Waals surface area contributed by atoms with Gasteiger partial charge in [-0.15, -0.1) is 0 Å². The predicted octanol–water partition coefficient (Wildman–Crippen LogP) is 1.31. The zero-order valence-corrected chi connectivity index (χ0v) is 10.2. The van der Waals surface area contributed by atoms with E-state index in [4.69, 9.17) is 20.9 Å². The third kappa shape index (κ3) is 22.5. The molecule has 0 atom stereocenters. The summed E-state index contributed by atoms with van der Waals surface area (Å²) in [6.45, 7) is 5.27. The Labute approximate surface area is 95.9 Å². The summed E-state index contributed by atoms with van der Waals surface area (Å²) >= 11 is 8.83. The summed E-state index contributed by atoms with van der Waals surface area (Å²) in [5, 5.41) is 0.281. The van der Waals surface area contributed by atoms with Crippen molar-refractivity contribution in [1.29, 1.82) is 0 Å². The molecule has 0 aliphatic carbocycles.